The third-order valence-corrected chi connectivity index (χ3v) is 3.50. The number of hydrogen-bond donors (Lipinski definition) is 1. The number of rotatable bonds is 1. The van der Waals surface area contributed by atoms with Gasteiger partial charge < -0.3 is 14.7 Å². The predicted octanol–water partition coefficient (Wildman–Crippen LogP) is 0.417. The SMILES string of the molecule is Cc1cc(C(=O)N2CCC3NCC3C2)on1. The van der Waals surface area contributed by atoms with Crippen molar-refractivity contribution in [1.29, 1.82) is 0 Å². The molecule has 2 atom stereocenters. The van der Waals surface area contributed by atoms with Gasteiger partial charge in [0.25, 0.3) is 5.91 Å². The minimum atomic E-state index is -0.0223. The van der Waals surface area contributed by atoms with Crippen molar-refractivity contribution in [3.8, 4) is 0 Å². The maximum Gasteiger partial charge on any atom is 0.292 e. The van der Waals surface area contributed by atoms with Crippen LogP contribution in [0, 0.1) is 12.8 Å². The van der Waals surface area contributed by atoms with Crippen LogP contribution in [-0.4, -0.2) is 41.6 Å². The highest BCUT2D eigenvalue weighted by molar-refractivity contribution is 5.91. The molecule has 3 rings (SSSR count). The third-order valence-electron chi connectivity index (χ3n) is 3.50. The average Bonchev–Trinajstić information content (AvgIpc) is 2.66. The summed E-state index contributed by atoms with van der Waals surface area (Å²) in [4.78, 5) is 13.9. The van der Waals surface area contributed by atoms with Crippen molar-refractivity contribution < 1.29 is 9.32 Å². The molecule has 0 aliphatic carbocycles. The Morgan fingerprint density at radius 1 is 1.69 bits per heavy atom. The Morgan fingerprint density at radius 2 is 2.56 bits per heavy atom. The van der Waals surface area contributed by atoms with Gasteiger partial charge in [0.15, 0.2) is 0 Å². The second-order valence-electron chi connectivity index (χ2n) is 4.65. The highest BCUT2D eigenvalue weighted by Gasteiger charge is 2.37. The summed E-state index contributed by atoms with van der Waals surface area (Å²) in [6.45, 7) is 4.51. The number of carbonyl (C=O) groups is 1. The molecule has 5 heteroatoms. The quantitative estimate of drug-likeness (QED) is 0.746. The zero-order valence-electron chi connectivity index (χ0n) is 9.27. The van der Waals surface area contributed by atoms with E-state index in [2.05, 4.69) is 10.5 Å². The van der Waals surface area contributed by atoms with E-state index in [-0.39, 0.29) is 5.91 Å². The van der Waals surface area contributed by atoms with E-state index in [9.17, 15) is 4.79 Å². The second-order valence-corrected chi connectivity index (χ2v) is 4.65. The molecule has 0 bridgehead atoms. The van der Waals surface area contributed by atoms with Gasteiger partial charge in [-0.1, -0.05) is 5.16 Å². The van der Waals surface area contributed by atoms with Crippen LogP contribution in [-0.2, 0) is 0 Å². The zero-order valence-corrected chi connectivity index (χ0v) is 9.27. The Bertz CT molecular complexity index is 415. The Kier molecular flexibility index (Phi) is 2.21. The van der Waals surface area contributed by atoms with Crippen molar-refractivity contribution in [1.82, 2.24) is 15.4 Å². The van der Waals surface area contributed by atoms with Crippen LogP contribution in [0.2, 0.25) is 0 Å². The highest BCUT2D eigenvalue weighted by atomic mass is 16.5. The van der Waals surface area contributed by atoms with Crippen LogP contribution < -0.4 is 5.32 Å². The maximum absolute atomic E-state index is 12.1. The van der Waals surface area contributed by atoms with Gasteiger partial charge in [-0.15, -0.1) is 0 Å². The number of fused-ring (bicyclic) bond motifs is 1. The first-order valence-electron chi connectivity index (χ1n) is 5.70. The molecule has 0 saturated carbocycles. The van der Waals surface area contributed by atoms with Gasteiger partial charge in [-0.25, -0.2) is 0 Å². The van der Waals surface area contributed by atoms with E-state index < -0.39 is 0 Å². The van der Waals surface area contributed by atoms with Crippen LogP contribution >= 0.6 is 0 Å². The Labute approximate surface area is 93.8 Å². The lowest BCUT2D eigenvalue weighted by Gasteiger charge is -2.45. The predicted molar refractivity (Wildman–Crippen MR) is 57.0 cm³/mol. The molecular formula is C11H15N3O2. The van der Waals surface area contributed by atoms with Crippen molar-refractivity contribution in [2.24, 2.45) is 5.92 Å². The summed E-state index contributed by atoms with van der Waals surface area (Å²) in [6.07, 6.45) is 1.05. The van der Waals surface area contributed by atoms with Crippen molar-refractivity contribution in [3.63, 3.8) is 0 Å². The summed E-state index contributed by atoms with van der Waals surface area (Å²) < 4.78 is 5.00. The number of amides is 1. The molecule has 1 aromatic rings. The van der Waals surface area contributed by atoms with Crippen LogP contribution in [0.1, 0.15) is 22.7 Å². The van der Waals surface area contributed by atoms with E-state index in [0.29, 0.717) is 17.7 Å². The number of aryl methyl sites for hydroxylation is 1. The maximum atomic E-state index is 12.1. The lowest BCUT2D eigenvalue weighted by Crippen LogP contribution is -2.62. The lowest BCUT2D eigenvalue weighted by molar-refractivity contribution is 0.0473. The normalized spacial score (nSPS) is 28.4. The largest absolute Gasteiger partial charge is 0.351 e. The van der Waals surface area contributed by atoms with Gasteiger partial charge in [0.05, 0.1) is 5.69 Å². The van der Waals surface area contributed by atoms with E-state index in [1.807, 2.05) is 11.8 Å². The van der Waals surface area contributed by atoms with Crippen molar-refractivity contribution in [2.45, 2.75) is 19.4 Å². The summed E-state index contributed by atoms with van der Waals surface area (Å²) in [5, 5.41) is 7.12. The molecule has 2 saturated heterocycles. The molecular weight excluding hydrogens is 206 g/mol. The molecule has 2 fully saturated rings. The third kappa shape index (κ3) is 1.51. The van der Waals surface area contributed by atoms with Crippen LogP contribution in [0.25, 0.3) is 0 Å². The fourth-order valence-corrected chi connectivity index (χ4v) is 2.45. The van der Waals surface area contributed by atoms with E-state index >= 15 is 0 Å². The summed E-state index contributed by atoms with van der Waals surface area (Å²) in [5.41, 5.74) is 0.753. The molecule has 86 valence electrons. The molecule has 3 heterocycles. The zero-order chi connectivity index (χ0) is 11.1. The van der Waals surface area contributed by atoms with Gasteiger partial charge in [-0.2, -0.15) is 0 Å². The van der Waals surface area contributed by atoms with Gasteiger partial charge in [0.2, 0.25) is 5.76 Å². The molecule has 1 amide bonds. The molecule has 1 N–H and O–H groups in total. The lowest BCUT2D eigenvalue weighted by atomic mass is 9.85. The summed E-state index contributed by atoms with van der Waals surface area (Å²) in [7, 11) is 0. The molecule has 5 nitrogen and oxygen atoms in total. The van der Waals surface area contributed by atoms with Gasteiger partial charge in [0.1, 0.15) is 0 Å². The fourth-order valence-electron chi connectivity index (χ4n) is 2.45. The molecule has 2 aliphatic rings. The van der Waals surface area contributed by atoms with Gasteiger partial charge in [0, 0.05) is 37.7 Å². The Morgan fingerprint density at radius 3 is 3.12 bits per heavy atom. The first-order chi connectivity index (χ1) is 7.74. The van der Waals surface area contributed by atoms with Crippen LogP contribution in [0.3, 0.4) is 0 Å². The number of nitrogens with zero attached hydrogens (tertiary/aromatic N) is 2. The highest BCUT2D eigenvalue weighted by Crippen LogP contribution is 2.24. The number of carbonyl (C=O) groups excluding carboxylic acids is 1. The van der Waals surface area contributed by atoms with E-state index in [4.69, 9.17) is 4.52 Å². The molecule has 0 radical (unpaired) electrons. The van der Waals surface area contributed by atoms with Crippen LogP contribution in [0.5, 0.6) is 0 Å². The van der Waals surface area contributed by atoms with Crippen molar-refractivity contribution in [2.75, 3.05) is 19.6 Å². The molecule has 2 unspecified atom stereocenters. The monoisotopic (exact) mass is 221 g/mol. The Balaban J connectivity index is 1.71. The molecule has 1 aromatic heterocycles. The van der Waals surface area contributed by atoms with E-state index in [0.717, 1.165) is 31.7 Å². The van der Waals surface area contributed by atoms with Crippen molar-refractivity contribution in [3.05, 3.63) is 17.5 Å². The van der Waals surface area contributed by atoms with Gasteiger partial charge >= 0.3 is 0 Å². The molecule has 16 heavy (non-hydrogen) atoms. The first-order valence-corrected chi connectivity index (χ1v) is 5.70. The van der Waals surface area contributed by atoms with Gasteiger partial charge in [-0.3, -0.25) is 4.79 Å². The second kappa shape index (κ2) is 3.59. The molecule has 0 spiro atoms. The van der Waals surface area contributed by atoms with Crippen molar-refractivity contribution >= 4 is 5.91 Å². The van der Waals surface area contributed by atoms with Gasteiger partial charge in [-0.05, 0) is 13.3 Å². The topological polar surface area (TPSA) is 58.4 Å². The number of aromatic nitrogens is 1. The summed E-state index contributed by atoms with van der Waals surface area (Å²) >= 11 is 0. The average molecular weight is 221 g/mol. The number of nitrogens with one attached hydrogen (secondary N) is 1. The minimum Gasteiger partial charge on any atom is -0.351 e. The smallest absolute Gasteiger partial charge is 0.292 e. The van der Waals surface area contributed by atoms with Crippen LogP contribution in [0.4, 0.5) is 0 Å². The standard InChI is InChI=1S/C11H15N3O2/c1-7-4-10(16-13-7)11(15)14-3-2-9-8(6-14)5-12-9/h4,8-9,12H,2-3,5-6H2,1H3. The summed E-state index contributed by atoms with van der Waals surface area (Å²) in [6, 6.07) is 2.33. The number of piperidine rings is 1. The first kappa shape index (κ1) is 9.84. The fraction of sp³-hybridized carbons (Fsp3) is 0.636. The Hall–Kier alpha value is -1.36. The molecule has 0 aromatic carbocycles. The number of hydrogen-bond acceptors (Lipinski definition) is 4. The number of likely N-dealkylation sites (tertiary alicyclic amines) is 1. The summed E-state index contributed by atoms with van der Waals surface area (Å²) in [5.74, 6) is 0.968. The van der Waals surface area contributed by atoms with Crippen LogP contribution in [0.15, 0.2) is 10.6 Å². The van der Waals surface area contributed by atoms with E-state index in [1.165, 1.54) is 0 Å². The van der Waals surface area contributed by atoms with E-state index in [1.54, 1.807) is 6.07 Å². The minimum absolute atomic E-state index is 0.0223. The molecule has 2 aliphatic heterocycles.